The molecule has 22 heavy (non-hydrogen) atoms. The summed E-state index contributed by atoms with van der Waals surface area (Å²) in [5, 5.41) is 24.2. The molecule has 0 heterocycles. The van der Waals surface area contributed by atoms with Crippen LogP contribution in [0.4, 0.5) is 17.1 Å². The maximum absolute atomic E-state index is 12.1. The highest BCUT2D eigenvalue weighted by molar-refractivity contribution is 6.34. The van der Waals surface area contributed by atoms with Crippen molar-refractivity contribution in [3.05, 3.63) is 73.3 Å². The van der Waals surface area contributed by atoms with Crippen LogP contribution in [0.3, 0.4) is 0 Å². The number of nitrogens with one attached hydrogen (secondary N) is 1. The van der Waals surface area contributed by atoms with Crippen molar-refractivity contribution in [3.8, 4) is 0 Å². The molecule has 0 saturated carbocycles. The molecular formula is C13H8ClN3O5. The third-order valence-electron chi connectivity index (χ3n) is 2.76. The molecule has 0 fully saturated rings. The van der Waals surface area contributed by atoms with Gasteiger partial charge in [0.15, 0.2) is 0 Å². The molecule has 1 N–H and O–H groups in total. The number of non-ortho nitro benzene ring substituents is 1. The van der Waals surface area contributed by atoms with E-state index in [9.17, 15) is 25.0 Å². The zero-order chi connectivity index (χ0) is 16.3. The Kier molecular flexibility index (Phi) is 4.33. The van der Waals surface area contributed by atoms with Gasteiger partial charge in [0, 0.05) is 6.07 Å². The predicted molar refractivity (Wildman–Crippen MR) is 79.2 cm³/mol. The van der Waals surface area contributed by atoms with E-state index in [1.807, 2.05) is 0 Å². The number of hydrogen-bond donors (Lipinski definition) is 1. The van der Waals surface area contributed by atoms with E-state index in [1.54, 1.807) is 12.1 Å². The molecule has 112 valence electrons. The van der Waals surface area contributed by atoms with Crippen molar-refractivity contribution in [3.63, 3.8) is 0 Å². The lowest BCUT2D eigenvalue weighted by atomic mass is 10.2. The van der Waals surface area contributed by atoms with Crippen LogP contribution in [0.2, 0.25) is 5.02 Å². The Balaban J connectivity index is 2.37. The molecule has 0 saturated heterocycles. The molecule has 2 aromatic carbocycles. The summed E-state index contributed by atoms with van der Waals surface area (Å²) in [5.41, 5.74) is -1.03. The number of rotatable bonds is 4. The molecule has 2 rings (SSSR count). The van der Waals surface area contributed by atoms with Gasteiger partial charge in [-0.1, -0.05) is 23.7 Å². The monoisotopic (exact) mass is 321 g/mol. The van der Waals surface area contributed by atoms with Gasteiger partial charge in [0.1, 0.15) is 5.69 Å². The molecular weight excluding hydrogens is 314 g/mol. The molecule has 0 aliphatic heterocycles. The van der Waals surface area contributed by atoms with Crippen molar-refractivity contribution in [1.82, 2.24) is 0 Å². The van der Waals surface area contributed by atoms with Crippen LogP contribution >= 0.6 is 11.6 Å². The van der Waals surface area contributed by atoms with Crippen LogP contribution in [0.25, 0.3) is 0 Å². The molecule has 0 unspecified atom stereocenters. The first-order valence-electron chi connectivity index (χ1n) is 5.89. The Morgan fingerprint density at radius 2 is 1.73 bits per heavy atom. The first-order valence-corrected chi connectivity index (χ1v) is 6.26. The van der Waals surface area contributed by atoms with Crippen LogP contribution in [0.15, 0.2) is 42.5 Å². The molecule has 0 bridgehead atoms. The maximum atomic E-state index is 12.1. The summed E-state index contributed by atoms with van der Waals surface area (Å²) in [6, 6.07) is 9.12. The Labute approximate surface area is 128 Å². The number of halogens is 1. The minimum Gasteiger partial charge on any atom is -0.316 e. The summed E-state index contributed by atoms with van der Waals surface area (Å²) < 4.78 is 0. The highest BCUT2D eigenvalue weighted by Gasteiger charge is 2.21. The normalized spacial score (nSPS) is 10.0. The standard InChI is InChI=1S/C13H8ClN3O5/c14-10-4-2-1-3-9(10)13(18)15-11-6-5-8(16(19)20)7-12(11)17(21)22/h1-7H,(H,15,18). The zero-order valence-corrected chi connectivity index (χ0v) is 11.6. The Morgan fingerprint density at radius 3 is 2.32 bits per heavy atom. The quantitative estimate of drug-likeness (QED) is 0.684. The molecule has 0 aromatic heterocycles. The minimum atomic E-state index is -0.810. The number of carbonyl (C=O) groups is 1. The molecule has 0 atom stereocenters. The lowest BCUT2D eigenvalue weighted by Gasteiger charge is -2.07. The summed E-state index contributed by atoms with van der Waals surface area (Å²) in [6.45, 7) is 0. The maximum Gasteiger partial charge on any atom is 0.299 e. The van der Waals surface area contributed by atoms with Gasteiger partial charge in [-0.2, -0.15) is 0 Å². The lowest BCUT2D eigenvalue weighted by molar-refractivity contribution is -0.393. The van der Waals surface area contributed by atoms with E-state index in [2.05, 4.69) is 5.32 Å². The Hall–Kier alpha value is -3.00. The largest absolute Gasteiger partial charge is 0.316 e. The number of amides is 1. The second kappa shape index (κ2) is 6.19. The number of anilines is 1. The lowest BCUT2D eigenvalue weighted by Crippen LogP contribution is -2.13. The van der Waals surface area contributed by atoms with Gasteiger partial charge >= 0.3 is 0 Å². The van der Waals surface area contributed by atoms with E-state index in [0.29, 0.717) is 0 Å². The topological polar surface area (TPSA) is 115 Å². The number of nitrogens with zero attached hydrogens (tertiary/aromatic N) is 2. The van der Waals surface area contributed by atoms with Crippen LogP contribution < -0.4 is 5.32 Å². The first kappa shape index (κ1) is 15.4. The molecule has 2 aromatic rings. The third-order valence-corrected chi connectivity index (χ3v) is 3.09. The van der Waals surface area contributed by atoms with Crippen LogP contribution in [-0.4, -0.2) is 15.8 Å². The predicted octanol–water partition coefficient (Wildman–Crippen LogP) is 3.41. The molecule has 1 amide bonds. The second-order valence-electron chi connectivity index (χ2n) is 4.15. The van der Waals surface area contributed by atoms with Crippen molar-refractivity contribution in [2.45, 2.75) is 0 Å². The summed E-state index contributed by atoms with van der Waals surface area (Å²) in [5.74, 6) is -0.650. The fourth-order valence-corrected chi connectivity index (χ4v) is 1.95. The van der Waals surface area contributed by atoms with Gasteiger partial charge in [-0.15, -0.1) is 0 Å². The van der Waals surface area contributed by atoms with Gasteiger partial charge in [-0.25, -0.2) is 0 Å². The summed E-state index contributed by atoms with van der Waals surface area (Å²) in [4.78, 5) is 32.1. The van der Waals surface area contributed by atoms with Gasteiger partial charge in [0.05, 0.1) is 26.5 Å². The highest BCUT2D eigenvalue weighted by Crippen LogP contribution is 2.29. The van der Waals surface area contributed by atoms with E-state index in [1.165, 1.54) is 12.1 Å². The van der Waals surface area contributed by atoms with E-state index < -0.39 is 27.1 Å². The van der Waals surface area contributed by atoms with Crippen molar-refractivity contribution in [1.29, 1.82) is 0 Å². The molecule has 0 spiro atoms. The Morgan fingerprint density at radius 1 is 1.05 bits per heavy atom. The minimum absolute atomic E-state index is 0.136. The second-order valence-corrected chi connectivity index (χ2v) is 4.56. The highest BCUT2D eigenvalue weighted by atomic mass is 35.5. The smallest absolute Gasteiger partial charge is 0.299 e. The van der Waals surface area contributed by atoms with Crippen molar-refractivity contribution >= 4 is 34.6 Å². The number of nitro benzene ring substituents is 2. The molecule has 8 nitrogen and oxygen atoms in total. The average Bonchev–Trinajstić information content (AvgIpc) is 2.47. The SMILES string of the molecule is O=C(Nc1ccc([N+](=O)[O-])cc1[N+](=O)[O-])c1ccccc1Cl. The van der Waals surface area contributed by atoms with E-state index in [4.69, 9.17) is 11.6 Å². The Bertz CT molecular complexity index is 778. The fraction of sp³-hybridized carbons (Fsp3) is 0. The number of nitro groups is 2. The number of hydrogen-bond acceptors (Lipinski definition) is 5. The van der Waals surface area contributed by atoms with Crippen LogP contribution in [-0.2, 0) is 0 Å². The van der Waals surface area contributed by atoms with Gasteiger partial charge in [0.2, 0.25) is 0 Å². The molecule has 0 aliphatic carbocycles. The van der Waals surface area contributed by atoms with E-state index in [0.717, 1.165) is 18.2 Å². The summed E-state index contributed by atoms with van der Waals surface area (Å²) >= 11 is 5.87. The van der Waals surface area contributed by atoms with Gasteiger partial charge in [-0.3, -0.25) is 25.0 Å². The third kappa shape index (κ3) is 3.18. The first-order chi connectivity index (χ1) is 10.4. The van der Waals surface area contributed by atoms with E-state index >= 15 is 0 Å². The van der Waals surface area contributed by atoms with Crippen LogP contribution in [0.5, 0.6) is 0 Å². The van der Waals surface area contributed by atoms with Crippen molar-refractivity contribution < 1.29 is 14.6 Å². The molecule has 9 heteroatoms. The fourth-order valence-electron chi connectivity index (χ4n) is 1.73. The van der Waals surface area contributed by atoms with Gasteiger partial charge < -0.3 is 5.32 Å². The van der Waals surface area contributed by atoms with Crippen molar-refractivity contribution in [2.24, 2.45) is 0 Å². The van der Waals surface area contributed by atoms with E-state index in [-0.39, 0.29) is 16.3 Å². The molecule has 0 aliphatic rings. The van der Waals surface area contributed by atoms with Crippen LogP contribution in [0, 0.1) is 20.2 Å². The summed E-state index contributed by atoms with van der Waals surface area (Å²) in [7, 11) is 0. The number of benzene rings is 2. The zero-order valence-electron chi connectivity index (χ0n) is 10.9. The van der Waals surface area contributed by atoms with Crippen molar-refractivity contribution in [2.75, 3.05) is 5.32 Å². The molecule has 0 radical (unpaired) electrons. The average molecular weight is 322 g/mol. The van der Waals surface area contributed by atoms with Gasteiger partial charge in [-0.05, 0) is 18.2 Å². The number of carbonyl (C=O) groups excluding carboxylic acids is 1. The summed E-state index contributed by atoms with van der Waals surface area (Å²) in [6.07, 6.45) is 0. The van der Waals surface area contributed by atoms with Crippen LogP contribution in [0.1, 0.15) is 10.4 Å². The van der Waals surface area contributed by atoms with Gasteiger partial charge in [0.25, 0.3) is 17.3 Å².